The van der Waals surface area contributed by atoms with Gasteiger partial charge in [0.05, 0.1) is 0 Å². The molecule has 0 aliphatic heterocycles. The molecule has 0 aliphatic carbocycles. The highest BCUT2D eigenvalue weighted by Crippen LogP contribution is 2.24. The molecular weight excluding hydrogens is 207 g/mol. The molecule has 0 saturated carbocycles. The zero-order chi connectivity index (χ0) is 12.4. The van der Waals surface area contributed by atoms with Gasteiger partial charge in [-0.25, -0.2) is 0 Å². The Kier molecular flexibility index (Phi) is 4.19. The van der Waals surface area contributed by atoms with Crippen LogP contribution in [0.1, 0.15) is 34.6 Å². The van der Waals surface area contributed by atoms with Crippen molar-refractivity contribution in [3.05, 3.63) is 0 Å². The molecule has 0 saturated heterocycles. The van der Waals surface area contributed by atoms with Crippen LogP contribution in [0.25, 0.3) is 0 Å². The Morgan fingerprint density at radius 2 is 1.60 bits per heavy atom. The summed E-state index contributed by atoms with van der Waals surface area (Å²) in [6.07, 6.45) is -4.34. The van der Waals surface area contributed by atoms with Crippen molar-refractivity contribution in [2.75, 3.05) is 6.54 Å². The highest BCUT2D eigenvalue weighted by Gasteiger charge is 2.37. The summed E-state index contributed by atoms with van der Waals surface area (Å²) < 4.78 is 36.7. The molecule has 0 N–H and O–H groups in total. The summed E-state index contributed by atoms with van der Waals surface area (Å²) in [5, 5.41) is 0. The first-order valence-corrected chi connectivity index (χ1v) is 4.83. The summed E-state index contributed by atoms with van der Waals surface area (Å²) in [6.45, 7) is 6.81. The van der Waals surface area contributed by atoms with Crippen LogP contribution in [0.5, 0.6) is 0 Å². The topological polar surface area (TPSA) is 20.3 Å². The molecule has 15 heavy (non-hydrogen) atoms. The van der Waals surface area contributed by atoms with Gasteiger partial charge in [0.25, 0.3) is 0 Å². The molecule has 0 spiro atoms. The van der Waals surface area contributed by atoms with Gasteiger partial charge in [-0.3, -0.25) is 4.79 Å². The number of amides is 1. The minimum absolute atomic E-state index is 0.446. The van der Waals surface area contributed by atoms with E-state index in [1.54, 1.807) is 34.6 Å². The molecule has 5 heteroatoms. The lowest BCUT2D eigenvalue weighted by atomic mass is 9.94. The van der Waals surface area contributed by atoms with E-state index in [9.17, 15) is 18.0 Å². The van der Waals surface area contributed by atoms with E-state index in [1.165, 1.54) is 0 Å². The summed E-state index contributed by atoms with van der Waals surface area (Å²) in [5.41, 5.74) is -0.782. The number of carbonyl (C=O) groups excluding carboxylic acids is 1. The molecule has 90 valence electrons. The second-order valence-corrected chi connectivity index (χ2v) is 4.89. The molecule has 1 amide bonds. The van der Waals surface area contributed by atoms with Gasteiger partial charge in [0, 0.05) is 11.5 Å². The van der Waals surface area contributed by atoms with Gasteiger partial charge in [0.15, 0.2) is 0 Å². The molecule has 0 aromatic carbocycles. The Balaban J connectivity index is 4.77. The average molecular weight is 225 g/mol. The molecule has 0 atom stereocenters. The van der Waals surface area contributed by atoms with Crippen LogP contribution in [0.4, 0.5) is 13.2 Å². The van der Waals surface area contributed by atoms with E-state index in [0.717, 1.165) is 4.90 Å². The summed E-state index contributed by atoms with van der Waals surface area (Å²) >= 11 is 0. The Labute approximate surface area is 88.4 Å². The Hall–Kier alpha value is -0.740. The number of alkyl halides is 3. The van der Waals surface area contributed by atoms with Crippen molar-refractivity contribution in [2.45, 2.75) is 46.8 Å². The largest absolute Gasteiger partial charge is 0.406 e. The number of carbonyl (C=O) groups is 1. The molecular formula is C10H18F3NO. The van der Waals surface area contributed by atoms with Crippen molar-refractivity contribution >= 4 is 5.91 Å². The summed E-state index contributed by atoms with van der Waals surface area (Å²) in [4.78, 5) is 12.6. The number of rotatable bonds is 2. The zero-order valence-electron chi connectivity index (χ0n) is 9.77. The van der Waals surface area contributed by atoms with Gasteiger partial charge in [-0.05, 0) is 13.8 Å². The highest BCUT2D eigenvalue weighted by atomic mass is 19.4. The Bertz CT molecular complexity index is 228. The van der Waals surface area contributed by atoms with Crippen LogP contribution in [-0.4, -0.2) is 29.6 Å². The van der Waals surface area contributed by atoms with Crippen molar-refractivity contribution in [1.29, 1.82) is 0 Å². The normalized spacial score (nSPS) is 13.1. The molecule has 0 bridgehead atoms. The van der Waals surface area contributed by atoms with Gasteiger partial charge >= 0.3 is 6.18 Å². The maximum absolute atomic E-state index is 12.2. The van der Waals surface area contributed by atoms with Crippen LogP contribution in [0.3, 0.4) is 0 Å². The second-order valence-electron chi connectivity index (χ2n) is 4.89. The van der Waals surface area contributed by atoms with Crippen LogP contribution in [0.2, 0.25) is 0 Å². The van der Waals surface area contributed by atoms with Gasteiger partial charge in [-0.2, -0.15) is 13.2 Å². The third-order valence-corrected chi connectivity index (χ3v) is 1.88. The summed E-state index contributed by atoms with van der Waals surface area (Å²) in [6, 6.07) is -0.446. The fourth-order valence-corrected chi connectivity index (χ4v) is 1.11. The molecule has 0 aromatic heterocycles. The van der Waals surface area contributed by atoms with Crippen molar-refractivity contribution in [3.63, 3.8) is 0 Å². The standard InChI is InChI=1S/C10H18F3NO/c1-7(2)14(6-10(11,12)13)8(15)9(3,4)5/h7H,6H2,1-5H3. The van der Waals surface area contributed by atoms with Crippen LogP contribution in [0, 0.1) is 5.41 Å². The van der Waals surface area contributed by atoms with E-state index in [1.807, 2.05) is 0 Å². The molecule has 0 heterocycles. The minimum Gasteiger partial charge on any atom is -0.331 e. The lowest BCUT2D eigenvalue weighted by molar-refractivity contribution is -0.169. The number of hydrogen-bond acceptors (Lipinski definition) is 1. The predicted molar refractivity (Wildman–Crippen MR) is 52.4 cm³/mol. The molecule has 0 fully saturated rings. The van der Waals surface area contributed by atoms with E-state index >= 15 is 0 Å². The monoisotopic (exact) mass is 225 g/mol. The second kappa shape index (κ2) is 4.41. The van der Waals surface area contributed by atoms with Crippen LogP contribution >= 0.6 is 0 Å². The first-order chi connectivity index (χ1) is 6.45. The quantitative estimate of drug-likeness (QED) is 0.707. The minimum atomic E-state index is -4.34. The SMILES string of the molecule is CC(C)N(CC(F)(F)F)C(=O)C(C)(C)C. The van der Waals surface area contributed by atoms with Gasteiger partial charge in [0.1, 0.15) is 6.54 Å². The first-order valence-electron chi connectivity index (χ1n) is 4.83. The average Bonchev–Trinajstić information content (AvgIpc) is 1.94. The lowest BCUT2D eigenvalue weighted by Gasteiger charge is -2.33. The Morgan fingerprint density at radius 1 is 1.20 bits per heavy atom. The van der Waals surface area contributed by atoms with Crippen molar-refractivity contribution in [3.8, 4) is 0 Å². The number of hydrogen-bond donors (Lipinski definition) is 0. The van der Waals surface area contributed by atoms with Crippen molar-refractivity contribution < 1.29 is 18.0 Å². The van der Waals surface area contributed by atoms with Gasteiger partial charge in [-0.1, -0.05) is 20.8 Å². The van der Waals surface area contributed by atoms with Crippen LogP contribution in [0.15, 0.2) is 0 Å². The van der Waals surface area contributed by atoms with Gasteiger partial charge in [0.2, 0.25) is 5.91 Å². The van der Waals surface area contributed by atoms with E-state index in [-0.39, 0.29) is 0 Å². The van der Waals surface area contributed by atoms with Crippen molar-refractivity contribution in [2.24, 2.45) is 5.41 Å². The molecule has 0 unspecified atom stereocenters. The fraction of sp³-hybridized carbons (Fsp3) is 0.900. The summed E-state index contributed by atoms with van der Waals surface area (Å²) in [7, 11) is 0. The smallest absolute Gasteiger partial charge is 0.331 e. The molecule has 2 nitrogen and oxygen atoms in total. The van der Waals surface area contributed by atoms with E-state index in [4.69, 9.17) is 0 Å². The molecule has 0 aromatic rings. The third-order valence-electron chi connectivity index (χ3n) is 1.88. The first kappa shape index (κ1) is 14.3. The van der Waals surface area contributed by atoms with Crippen LogP contribution < -0.4 is 0 Å². The van der Waals surface area contributed by atoms with Crippen molar-refractivity contribution in [1.82, 2.24) is 4.90 Å². The van der Waals surface area contributed by atoms with Gasteiger partial charge < -0.3 is 4.90 Å². The molecule has 0 aliphatic rings. The van der Waals surface area contributed by atoms with E-state index in [0.29, 0.717) is 0 Å². The maximum atomic E-state index is 12.2. The lowest BCUT2D eigenvalue weighted by Crippen LogP contribution is -2.48. The van der Waals surface area contributed by atoms with E-state index < -0.39 is 30.1 Å². The maximum Gasteiger partial charge on any atom is 0.406 e. The Morgan fingerprint density at radius 3 is 1.80 bits per heavy atom. The van der Waals surface area contributed by atoms with E-state index in [2.05, 4.69) is 0 Å². The summed E-state index contributed by atoms with van der Waals surface area (Å²) in [5.74, 6) is -0.477. The number of nitrogens with zero attached hydrogens (tertiary/aromatic N) is 1. The predicted octanol–water partition coefficient (Wildman–Crippen LogP) is 2.83. The molecule has 0 rings (SSSR count). The third kappa shape index (κ3) is 5.04. The highest BCUT2D eigenvalue weighted by molar-refractivity contribution is 5.81. The number of halogens is 3. The van der Waals surface area contributed by atoms with Gasteiger partial charge in [-0.15, -0.1) is 0 Å². The van der Waals surface area contributed by atoms with Crippen LogP contribution in [-0.2, 0) is 4.79 Å². The molecule has 0 radical (unpaired) electrons. The fourth-order valence-electron chi connectivity index (χ4n) is 1.11. The zero-order valence-corrected chi connectivity index (χ0v) is 9.77.